The fourth-order valence-corrected chi connectivity index (χ4v) is 3.27. The summed E-state index contributed by atoms with van der Waals surface area (Å²) in [6.45, 7) is 4.10. The van der Waals surface area contributed by atoms with Crippen LogP contribution in [0.2, 0.25) is 5.02 Å². The van der Waals surface area contributed by atoms with Crippen molar-refractivity contribution in [2.24, 2.45) is 0 Å². The number of likely N-dealkylation sites (tertiary alicyclic amines) is 1. The number of benzene rings is 1. The molecule has 0 bridgehead atoms. The maximum absolute atomic E-state index is 12.8. The van der Waals surface area contributed by atoms with Crippen molar-refractivity contribution in [3.05, 3.63) is 47.0 Å². The van der Waals surface area contributed by atoms with Gasteiger partial charge in [0.1, 0.15) is 11.6 Å². The smallest absolute Gasteiger partial charge is 0.253 e. The molecule has 0 radical (unpaired) electrons. The lowest BCUT2D eigenvalue weighted by Crippen LogP contribution is -2.39. The van der Waals surface area contributed by atoms with E-state index in [0.717, 1.165) is 31.6 Å². The number of ether oxygens (including phenoxy) is 1. The van der Waals surface area contributed by atoms with Crippen LogP contribution in [-0.4, -0.2) is 40.5 Å². The van der Waals surface area contributed by atoms with Crippen LogP contribution in [0.3, 0.4) is 0 Å². The molecule has 2 heterocycles. The van der Waals surface area contributed by atoms with Gasteiger partial charge in [0.25, 0.3) is 5.91 Å². The van der Waals surface area contributed by atoms with Gasteiger partial charge in [-0.1, -0.05) is 18.5 Å². The van der Waals surface area contributed by atoms with Gasteiger partial charge >= 0.3 is 0 Å². The number of aromatic nitrogens is 2. The van der Waals surface area contributed by atoms with E-state index in [0.29, 0.717) is 29.5 Å². The summed E-state index contributed by atoms with van der Waals surface area (Å²) in [5.41, 5.74) is 0.601. The molecule has 1 N–H and O–H groups in total. The van der Waals surface area contributed by atoms with Crippen molar-refractivity contribution < 1.29 is 9.53 Å². The Labute approximate surface area is 147 Å². The van der Waals surface area contributed by atoms with Crippen LogP contribution in [-0.2, 0) is 0 Å². The second-order valence-corrected chi connectivity index (χ2v) is 6.47. The number of nitrogens with zero attached hydrogens (tertiary/aromatic N) is 2. The highest BCUT2D eigenvalue weighted by Gasteiger charge is 2.27. The first-order chi connectivity index (χ1) is 11.7. The quantitative estimate of drug-likeness (QED) is 0.893. The number of H-pyrrole nitrogens is 1. The van der Waals surface area contributed by atoms with Crippen LogP contribution in [0.25, 0.3) is 0 Å². The number of rotatable bonds is 5. The third-order valence-electron chi connectivity index (χ3n) is 4.26. The van der Waals surface area contributed by atoms with Crippen LogP contribution in [0.5, 0.6) is 5.75 Å². The number of aromatic amines is 1. The highest BCUT2D eigenvalue weighted by Crippen LogP contribution is 2.28. The van der Waals surface area contributed by atoms with E-state index in [1.54, 1.807) is 24.4 Å². The van der Waals surface area contributed by atoms with Gasteiger partial charge in [0.05, 0.1) is 11.6 Å². The SMILES string of the molecule is CCCOc1ccc(C(=O)N2CCCC(c3ncc[nH]3)C2)cc1Cl. The van der Waals surface area contributed by atoms with Crippen LogP contribution < -0.4 is 4.74 Å². The number of carbonyl (C=O) groups excluding carboxylic acids is 1. The summed E-state index contributed by atoms with van der Waals surface area (Å²) in [5, 5.41) is 0.480. The first-order valence-electron chi connectivity index (χ1n) is 8.40. The highest BCUT2D eigenvalue weighted by molar-refractivity contribution is 6.32. The monoisotopic (exact) mass is 347 g/mol. The zero-order chi connectivity index (χ0) is 16.9. The molecule has 1 aromatic carbocycles. The topological polar surface area (TPSA) is 58.2 Å². The fourth-order valence-electron chi connectivity index (χ4n) is 3.03. The zero-order valence-electron chi connectivity index (χ0n) is 13.8. The van der Waals surface area contributed by atoms with Gasteiger partial charge in [-0.05, 0) is 37.5 Å². The van der Waals surface area contributed by atoms with Gasteiger partial charge in [0.15, 0.2) is 0 Å². The Balaban J connectivity index is 1.70. The molecule has 1 aliphatic heterocycles. The van der Waals surface area contributed by atoms with E-state index in [1.165, 1.54) is 0 Å². The highest BCUT2D eigenvalue weighted by atomic mass is 35.5. The number of halogens is 1. The average molecular weight is 348 g/mol. The first kappa shape index (κ1) is 16.8. The number of nitrogens with one attached hydrogen (secondary N) is 1. The molecule has 0 aliphatic carbocycles. The van der Waals surface area contributed by atoms with Gasteiger partial charge in [-0.25, -0.2) is 4.98 Å². The standard InChI is InChI=1S/C18H22ClN3O2/c1-2-10-24-16-6-5-13(11-15(16)19)18(23)22-9-3-4-14(12-22)17-20-7-8-21-17/h5-8,11,14H,2-4,9-10,12H2,1H3,(H,20,21). The molecule has 24 heavy (non-hydrogen) atoms. The zero-order valence-corrected chi connectivity index (χ0v) is 14.6. The summed E-state index contributed by atoms with van der Waals surface area (Å²) >= 11 is 6.25. The van der Waals surface area contributed by atoms with Crippen molar-refractivity contribution >= 4 is 17.5 Å². The maximum Gasteiger partial charge on any atom is 0.253 e. The molecule has 1 aliphatic rings. The molecule has 1 atom stereocenters. The lowest BCUT2D eigenvalue weighted by Gasteiger charge is -2.32. The molecule has 128 valence electrons. The molecule has 1 fully saturated rings. The van der Waals surface area contributed by atoms with Crippen molar-refractivity contribution in [2.75, 3.05) is 19.7 Å². The van der Waals surface area contributed by atoms with Crippen LogP contribution >= 0.6 is 11.6 Å². The van der Waals surface area contributed by atoms with E-state index in [9.17, 15) is 4.79 Å². The molecule has 2 aromatic rings. The summed E-state index contributed by atoms with van der Waals surface area (Å²) < 4.78 is 5.56. The summed E-state index contributed by atoms with van der Waals surface area (Å²) in [4.78, 5) is 22.2. The van der Waals surface area contributed by atoms with Crippen molar-refractivity contribution in [1.29, 1.82) is 0 Å². The van der Waals surface area contributed by atoms with Crippen molar-refractivity contribution in [1.82, 2.24) is 14.9 Å². The fraction of sp³-hybridized carbons (Fsp3) is 0.444. The number of imidazole rings is 1. The molecule has 1 saturated heterocycles. The molecule has 5 nitrogen and oxygen atoms in total. The Morgan fingerprint density at radius 1 is 1.50 bits per heavy atom. The van der Waals surface area contributed by atoms with E-state index in [2.05, 4.69) is 9.97 Å². The van der Waals surface area contributed by atoms with Gasteiger partial charge in [-0.15, -0.1) is 0 Å². The first-order valence-corrected chi connectivity index (χ1v) is 8.77. The Kier molecular flexibility index (Phi) is 5.41. The minimum absolute atomic E-state index is 0.00944. The predicted molar refractivity (Wildman–Crippen MR) is 93.7 cm³/mol. The van der Waals surface area contributed by atoms with E-state index in [1.807, 2.05) is 18.0 Å². The average Bonchev–Trinajstić information content (AvgIpc) is 3.15. The Bertz CT molecular complexity index is 688. The molecular weight excluding hydrogens is 326 g/mol. The summed E-state index contributed by atoms with van der Waals surface area (Å²) in [6.07, 6.45) is 6.51. The third-order valence-corrected chi connectivity index (χ3v) is 4.55. The predicted octanol–water partition coefficient (Wildman–Crippen LogP) is 3.87. The third kappa shape index (κ3) is 3.73. The second kappa shape index (κ2) is 7.71. The Hall–Kier alpha value is -2.01. The van der Waals surface area contributed by atoms with E-state index >= 15 is 0 Å². The maximum atomic E-state index is 12.8. The lowest BCUT2D eigenvalue weighted by atomic mass is 9.96. The Morgan fingerprint density at radius 2 is 2.38 bits per heavy atom. The molecule has 0 saturated carbocycles. The van der Waals surface area contributed by atoms with E-state index in [-0.39, 0.29) is 11.8 Å². The van der Waals surface area contributed by atoms with E-state index in [4.69, 9.17) is 16.3 Å². The number of piperidine rings is 1. The van der Waals surface area contributed by atoms with Gasteiger partial charge in [-0.2, -0.15) is 0 Å². The van der Waals surface area contributed by atoms with Crippen LogP contribution in [0.4, 0.5) is 0 Å². The minimum Gasteiger partial charge on any atom is -0.492 e. The van der Waals surface area contributed by atoms with Crippen LogP contribution in [0, 0.1) is 0 Å². The van der Waals surface area contributed by atoms with Crippen molar-refractivity contribution in [2.45, 2.75) is 32.1 Å². The molecule has 1 aromatic heterocycles. The Morgan fingerprint density at radius 3 is 3.08 bits per heavy atom. The van der Waals surface area contributed by atoms with Gasteiger partial charge in [0, 0.05) is 37.0 Å². The van der Waals surface area contributed by atoms with Crippen LogP contribution in [0.1, 0.15) is 48.3 Å². The lowest BCUT2D eigenvalue weighted by molar-refractivity contribution is 0.0704. The molecule has 1 amide bonds. The summed E-state index contributed by atoms with van der Waals surface area (Å²) in [7, 11) is 0. The van der Waals surface area contributed by atoms with Crippen LogP contribution in [0.15, 0.2) is 30.6 Å². The number of hydrogen-bond donors (Lipinski definition) is 1. The second-order valence-electron chi connectivity index (χ2n) is 6.06. The summed E-state index contributed by atoms with van der Waals surface area (Å²) in [5.74, 6) is 1.85. The van der Waals surface area contributed by atoms with Gasteiger partial charge in [-0.3, -0.25) is 4.79 Å². The molecule has 0 spiro atoms. The number of hydrogen-bond acceptors (Lipinski definition) is 3. The van der Waals surface area contributed by atoms with Crippen molar-refractivity contribution in [3.8, 4) is 5.75 Å². The van der Waals surface area contributed by atoms with E-state index < -0.39 is 0 Å². The molecule has 3 rings (SSSR count). The number of carbonyl (C=O) groups is 1. The van der Waals surface area contributed by atoms with Gasteiger partial charge < -0.3 is 14.6 Å². The number of amides is 1. The summed E-state index contributed by atoms with van der Waals surface area (Å²) in [6, 6.07) is 5.26. The molecule has 1 unspecified atom stereocenters. The largest absolute Gasteiger partial charge is 0.492 e. The minimum atomic E-state index is 0.00944. The van der Waals surface area contributed by atoms with Crippen molar-refractivity contribution in [3.63, 3.8) is 0 Å². The normalized spacial score (nSPS) is 17.8. The molecular formula is C18H22ClN3O2. The van der Waals surface area contributed by atoms with Gasteiger partial charge in [0.2, 0.25) is 0 Å². The molecule has 6 heteroatoms.